The minimum Gasteiger partial charge on any atom is -0.488 e. The lowest BCUT2D eigenvalue weighted by Crippen LogP contribution is -2.27. The number of benzene rings is 3. The average molecular weight is 542 g/mol. The number of thioether (sulfide) groups is 1. The number of halogens is 2. The molecule has 1 fully saturated rings. The van der Waals surface area contributed by atoms with Crippen LogP contribution in [0.3, 0.4) is 0 Å². The summed E-state index contributed by atoms with van der Waals surface area (Å²) in [7, 11) is 0. The topological polar surface area (TPSA) is 49.9 Å². The Kier molecular flexibility index (Phi) is 8.62. The number of hydrogen-bond acceptors (Lipinski definition) is 5. The van der Waals surface area contributed by atoms with Gasteiger partial charge >= 0.3 is 0 Å². The maximum atomic E-state index is 13.1. The molecule has 4 rings (SSSR count). The smallest absolute Gasteiger partial charge is 0.293 e. The van der Waals surface area contributed by atoms with Crippen molar-refractivity contribution in [2.24, 2.45) is 0 Å². The number of amides is 2. The van der Waals surface area contributed by atoms with Crippen LogP contribution in [-0.2, 0) is 17.9 Å². The summed E-state index contributed by atoms with van der Waals surface area (Å²) >= 11 is 13.3. The van der Waals surface area contributed by atoms with Crippen molar-refractivity contribution in [2.45, 2.75) is 27.0 Å². The Bertz CT molecular complexity index is 1290. The molecule has 3 aromatic rings. The van der Waals surface area contributed by atoms with E-state index in [0.29, 0.717) is 26.3 Å². The quantitative estimate of drug-likeness (QED) is 0.261. The zero-order valence-electron chi connectivity index (χ0n) is 20.0. The maximum absolute atomic E-state index is 13.1. The van der Waals surface area contributed by atoms with E-state index in [1.165, 1.54) is 4.90 Å². The molecule has 1 aliphatic heterocycles. The van der Waals surface area contributed by atoms with E-state index >= 15 is 0 Å². The van der Waals surface area contributed by atoms with Crippen LogP contribution >= 0.6 is 35.0 Å². The highest BCUT2D eigenvalue weighted by molar-refractivity contribution is 8.18. The molecule has 8 heteroatoms. The first-order valence-electron chi connectivity index (χ1n) is 11.6. The molecule has 186 valence electrons. The Hall–Kier alpha value is -2.93. The minimum absolute atomic E-state index is 0.230. The Morgan fingerprint density at radius 3 is 2.42 bits per heavy atom. The van der Waals surface area contributed by atoms with E-state index in [4.69, 9.17) is 27.9 Å². The van der Waals surface area contributed by atoms with E-state index < -0.39 is 0 Å². The first-order valence-corrected chi connectivity index (χ1v) is 13.2. The van der Waals surface area contributed by atoms with Gasteiger partial charge in [-0.05, 0) is 61.5 Å². The van der Waals surface area contributed by atoms with Crippen molar-refractivity contribution in [1.29, 1.82) is 0 Å². The lowest BCUT2D eigenvalue weighted by molar-refractivity contribution is -0.123. The predicted octanol–water partition coefficient (Wildman–Crippen LogP) is 7.66. The van der Waals surface area contributed by atoms with Gasteiger partial charge in [0, 0.05) is 46.0 Å². The number of rotatable bonds is 9. The van der Waals surface area contributed by atoms with E-state index in [2.05, 4.69) is 18.7 Å². The molecule has 3 aromatic carbocycles. The standard InChI is InChI=1S/C28H26Cl2N2O3S/c1-3-31(4-2)23-13-11-20(25(16-23)35-18-21-10-12-22(29)15-24(21)30)14-26-27(33)32(28(34)36-26)17-19-8-6-5-7-9-19/h5-16H,3-4,17-18H2,1-2H3/b26-14-. The molecule has 0 aromatic heterocycles. The highest BCUT2D eigenvalue weighted by Crippen LogP contribution is 2.36. The molecule has 0 bridgehead atoms. The second kappa shape index (κ2) is 11.9. The molecule has 2 amide bonds. The van der Waals surface area contributed by atoms with E-state index in [9.17, 15) is 9.59 Å². The molecule has 0 N–H and O–H groups in total. The van der Waals surface area contributed by atoms with Crippen molar-refractivity contribution in [3.05, 3.63) is 98.4 Å². The third-order valence-electron chi connectivity index (χ3n) is 5.87. The maximum Gasteiger partial charge on any atom is 0.293 e. The van der Waals surface area contributed by atoms with Gasteiger partial charge in [0.2, 0.25) is 0 Å². The number of nitrogens with zero attached hydrogens (tertiary/aromatic N) is 2. The van der Waals surface area contributed by atoms with Gasteiger partial charge in [0.05, 0.1) is 11.4 Å². The molecule has 1 saturated heterocycles. The van der Waals surface area contributed by atoms with Crippen LogP contribution in [0, 0.1) is 0 Å². The molecular formula is C28H26Cl2N2O3S. The second-order valence-electron chi connectivity index (χ2n) is 8.17. The second-order valence-corrected chi connectivity index (χ2v) is 10.0. The summed E-state index contributed by atoms with van der Waals surface area (Å²) in [5, 5.41) is 0.787. The fourth-order valence-electron chi connectivity index (χ4n) is 3.89. The number of ether oxygens (including phenoxy) is 1. The fraction of sp³-hybridized carbons (Fsp3) is 0.214. The number of imide groups is 1. The number of carbonyl (C=O) groups excluding carboxylic acids is 2. The number of anilines is 1. The van der Waals surface area contributed by atoms with E-state index in [1.807, 2.05) is 54.6 Å². The Balaban J connectivity index is 1.63. The van der Waals surface area contributed by atoms with Crippen molar-refractivity contribution in [1.82, 2.24) is 4.90 Å². The van der Waals surface area contributed by atoms with Crippen LogP contribution in [0.5, 0.6) is 5.75 Å². The summed E-state index contributed by atoms with van der Waals surface area (Å²) < 4.78 is 6.20. The van der Waals surface area contributed by atoms with Crippen molar-refractivity contribution in [3.8, 4) is 5.75 Å². The van der Waals surface area contributed by atoms with Gasteiger partial charge in [0.25, 0.3) is 11.1 Å². The molecule has 1 heterocycles. The Labute approximate surface area is 225 Å². The minimum atomic E-state index is -0.312. The normalized spacial score (nSPS) is 14.6. The van der Waals surface area contributed by atoms with Crippen molar-refractivity contribution in [3.63, 3.8) is 0 Å². The van der Waals surface area contributed by atoms with Gasteiger partial charge in [0.1, 0.15) is 12.4 Å². The van der Waals surface area contributed by atoms with E-state index in [0.717, 1.165) is 41.7 Å². The van der Waals surface area contributed by atoms with Crippen LogP contribution in [0.1, 0.15) is 30.5 Å². The molecule has 0 aliphatic carbocycles. The van der Waals surface area contributed by atoms with Crippen LogP contribution in [0.2, 0.25) is 10.0 Å². The van der Waals surface area contributed by atoms with Gasteiger partial charge in [-0.2, -0.15) is 0 Å². The van der Waals surface area contributed by atoms with Crippen molar-refractivity contribution >= 4 is 57.9 Å². The van der Waals surface area contributed by atoms with Crippen molar-refractivity contribution < 1.29 is 14.3 Å². The van der Waals surface area contributed by atoms with Crippen LogP contribution in [-0.4, -0.2) is 29.1 Å². The van der Waals surface area contributed by atoms with E-state index in [1.54, 1.807) is 18.2 Å². The summed E-state index contributed by atoms with van der Waals surface area (Å²) in [5.74, 6) is 0.286. The van der Waals surface area contributed by atoms with Crippen LogP contribution < -0.4 is 9.64 Å². The van der Waals surface area contributed by atoms with E-state index in [-0.39, 0.29) is 24.3 Å². The molecule has 0 spiro atoms. The number of carbonyl (C=O) groups is 2. The first-order chi connectivity index (χ1) is 17.4. The summed E-state index contributed by atoms with van der Waals surface area (Å²) in [4.78, 5) is 29.6. The molecule has 5 nitrogen and oxygen atoms in total. The van der Waals surface area contributed by atoms with Gasteiger partial charge < -0.3 is 9.64 Å². The molecule has 0 radical (unpaired) electrons. The van der Waals surface area contributed by atoms with Gasteiger partial charge in [-0.1, -0.05) is 59.6 Å². The zero-order chi connectivity index (χ0) is 25.7. The summed E-state index contributed by atoms with van der Waals surface area (Å²) in [5.41, 5.74) is 3.41. The third-order valence-corrected chi connectivity index (χ3v) is 7.36. The van der Waals surface area contributed by atoms with Gasteiger partial charge in [0.15, 0.2) is 0 Å². The number of hydrogen-bond donors (Lipinski definition) is 0. The molecule has 1 aliphatic rings. The van der Waals surface area contributed by atoms with Gasteiger partial charge in [-0.3, -0.25) is 14.5 Å². The lowest BCUT2D eigenvalue weighted by atomic mass is 10.1. The summed E-state index contributed by atoms with van der Waals surface area (Å²) in [6.45, 7) is 6.34. The summed E-state index contributed by atoms with van der Waals surface area (Å²) in [6.07, 6.45) is 1.72. The molecule has 0 unspecified atom stereocenters. The Morgan fingerprint density at radius 1 is 0.972 bits per heavy atom. The van der Waals surface area contributed by atoms with Crippen LogP contribution in [0.25, 0.3) is 6.08 Å². The molecule has 36 heavy (non-hydrogen) atoms. The molecule has 0 atom stereocenters. The summed E-state index contributed by atoms with van der Waals surface area (Å²) in [6, 6.07) is 20.6. The Morgan fingerprint density at radius 2 is 1.72 bits per heavy atom. The average Bonchev–Trinajstić information content (AvgIpc) is 3.13. The van der Waals surface area contributed by atoms with Gasteiger partial charge in [-0.15, -0.1) is 0 Å². The highest BCUT2D eigenvalue weighted by Gasteiger charge is 2.35. The van der Waals surface area contributed by atoms with Crippen molar-refractivity contribution in [2.75, 3.05) is 18.0 Å². The zero-order valence-corrected chi connectivity index (χ0v) is 22.4. The van der Waals surface area contributed by atoms with Crippen LogP contribution in [0.4, 0.5) is 10.5 Å². The fourth-order valence-corrected chi connectivity index (χ4v) is 5.18. The van der Waals surface area contributed by atoms with Gasteiger partial charge in [-0.25, -0.2) is 0 Å². The SMILES string of the molecule is CCN(CC)c1ccc(/C=C2\SC(=O)N(Cc3ccccc3)C2=O)c(OCc2ccc(Cl)cc2Cl)c1. The largest absolute Gasteiger partial charge is 0.488 e. The molecular weight excluding hydrogens is 515 g/mol. The molecule has 0 saturated carbocycles. The first kappa shape index (κ1) is 26.1. The third kappa shape index (κ3) is 6.06. The monoisotopic (exact) mass is 540 g/mol. The van der Waals surface area contributed by atoms with Crippen LogP contribution in [0.15, 0.2) is 71.6 Å². The predicted molar refractivity (Wildman–Crippen MR) is 149 cm³/mol. The lowest BCUT2D eigenvalue weighted by Gasteiger charge is -2.22. The highest BCUT2D eigenvalue weighted by atomic mass is 35.5.